The highest BCUT2D eigenvalue weighted by atomic mass is 32.2. The molecule has 0 spiro atoms. The number of benzene rings is 1. The average Bonchev–Trinajstić information content (AvgIpc) is 2.98. The van der Waals surface area contributed by atoms with E-state index in [-0.39, 0.29) is 23.4 Å². The molecule has 7 nitrogen and oxygen atoms in total. The molecule has 4 rings (SSSR count). The van der Waals surface area contributed by atoms with Gasteiger partial charge in [-0.3, -0.25) is 9.78 Å². The van der Waals surface area contributed by atoms with E-state index in [9.17, 15) is 13.2 Å². The van der Waals surface area contributed by atoms with E-state index in [1.165, 1.54) is 0 Å². The summed E-state index contributed by atoms with van der Waals surface area (Å²) in [6.07, 6.45) is 3.13. The third kappa shape index (κ3) is 3.57. The minimum absolute atomic E-state index is 0.133. The molecule has 2 aliphatic rings. The van der Waals surface area contributed by atoms with Crippen molar-refractivity contribution in [2.45, 2.75) is 24.3 Å². The van der Waals surface area contributed by atoms with Crippen LogP contribution < -0.4 is 0 Å². The van der Waals surface area contributed by atoms with Gasteiger partial charge in [-0.2, -0.15) is 8.42 Å². The average molecular weight is 385 g/mol. The number of rotatable bonds is 3. The molecule has 0 aliphatic carbocycles. The zero-order valence-electron chi connectivity index (χ0n) is 14.6. The maximum Gasteiger partial charge on any atom is 0.311 e. The van der Waals surface area contributed by atoms with E-state index in [4.69, 9.17) is 4.74 Å². The van der Waals surface area contributed by atoms with Crippen LogP contribution in [0.1, 0.15) is 24.1 Å². The van der Waals surface area contributed by atoms with Gasteiger partial charge in [0, 0.05) is 24.8 Å². The number of carbonyl (C=O) groups is 1. The number of sulfonamides is 1. The molecule has 0 amide bonds. The van der Waals surface area contributed by atoms with E-state index in [1.807, 2.05) is 11.0 Å². The smallest absolute Gasteiger partial charge is 0.311 e. The summed E-state index contributed by atoms with van der Waals surface area (Å²) in [5, 5.41) is 0. The second kappa shape index (κ2) is 7.11. The number of hydrogen-bond acceptors (Lipinski definition) is 6. The molecule has 1 fully saturated rings. The summed E-state index contributed by atoms with van der Waals surface area (Å²) in [5.74, 6) is -0.187. The molecule has 0 bridgehead atoms. The second-order valence-electron chi connectivity index (χ2n) is 6.60. The standard InChI is InChI=1S/C19H19N3O4S/c23-19(26-13-15-7-3-4-10-20-15)14-6-5-11-22(12-14)18-16-8-1-2-9-17(16)27(24,25)21-18/h1-4,7-10,14H,5-6,11-13H2/t14-/m0/s1. The van der Waals surface area contributed by atoms with Gasteiger partial charge in [-0.15, -0.1) is 4.40 Å². The summed E-state index contributed by atoms with van der Waals surface area (Å²) in [7, 11) is -3.67. The highest BCUT2D eigenvalue weighted by Gasteiger charge is 2.35. The largest absolute Gasteiger partial charge is 0.459 e. The minimum Gasteiger partial charge on any atom is -0.459 e. The number of hydrogen-bond donors (Lipinski definition) is 0. The topological polar surface area (TPSA) is 88.9 Å². The SMILES string of the molecule is O=C(OCc1ccccn1)[C@H]1CCCN(C2=NS(=O)(=O)c3ccccc32)C1. The highest BCUT2D eigenvalue weighted by molar-refractivity contribution is 7.90. The molecular formula is C19H19N3O4S. The van der Waals surface area contributed by atoms with Gasteiger partial charge in [-0.1, -0.05) is 18.2 Å². The minimum atomic E-state index is -3.67. The molecule has 0 N–H and O–H groups in total. The van der Waals surface area contributed by atoms with Crippen molar-refractivity contribution in [1.82, 2.24) is 9.88 Å². The lowest BCUT2D eigenvalue weighted by molar-refractivity contribution is -0.151. The third-order valence-electron chi connectivity index (χ3n) is 4.76. The number of aromatic nitrogens is 1. The van der Waals surface area contributed by atoms with E-state index in [0.29, 0.717) is 36.6 Å². The molecule has 2 aliphatic heterocycles. The molecule has 1 atom stereocenters. The van der Waals surface area contributed by atoms with Crippen LogP contribution in [0.3, 0.4) is 0 Å². The van der Waals surface area contributed by atoms with Crippen molar-refractivity contribution in [2.75, 3.05) is 13.1 Å². The number of esters is 1. The molecule has 1 aromatic carbocycles. The lowest BCUT2D eigenvalue weighted by Crippen LogP contribution is -2.42. The van der Waals surface area contributed by atoms with Gasteiger partial charge in [-0.05, 0) is 37.1 Å². The fraction of sp³-hybridized carbons (Fsp3) is 0.316. The quantitative estimate of drug-likeness (QED) is 0.751. The summed E-state index contributed by atoms with van der Waals surface area (Å²) in [6, 6.07) is 12.2. The van der Waals surface area contributed by atoms with Crippen molar-refractivity contribution < 1.29 is 17.9 Å². The van der Waals surface area contributed by atoms with Crippen LogP contribution in [-0.2, 0) is 26.2 Å². The van der Waals surface area contributed by atoms with Crippen LogP contribution in [-0.4, -0.2) is 43.2 Å². The number of likely N-dealkylation sites (tertiary alicyclic amines) is 1. The number of amidine groups is 1. The van der Waals surface area contributed by atoms with Crippen LogP contribution in [0.4, 0.5) is 0 Å². The molecule has 2 aromatic rings. The van der Waals surface area contributed by atoms with Gasteiger partial charge in [0.25, 0.3) is 10.0 Å². The molecule has 1 aromatic heterocycles. The Morgan fingerprint density at radius 3 is 2.81 bits per heavy atom. The maximum atomic E-state index is 12.5. The Morgan fingerprint density at radius 1 is 1.19 bits per heavy atom. The van der Waals surface area contributed by atoms with Crippen LogP contribution in [0.25, 0.3) is 0 Å². The van der Waals surface area contributed by atoms with E-state index in [1.54, 1.807) is 42.6 Å². The van der Waals surface area contributed by atoms with Gasteiger partial charge in [0.05, 0.1) is 11.6 Å². The van der Waals surface area contributed by atoms with Gasteiger partial charge in [-0.25, -0.2) is 0 Å². The molecule has 0 radical (unpaired) electrons. The zero-order chi connectivity index (χ0) is 18.9. The lowest BCUT2D eigenvalue weighted by atomic mass is 9.97. The number of pyridine rings is 1. The number of piperidine rings is 1. The molecule has 0 unspecified atom stereocenters. The monoisotopic (exact) mass is 385 g/mol. The van der Waals surface area contributed by atoms with E-state index in [0.717, 1.165) is 6.42 Å². The Bertz CT molecular complexity index is 989. The molecule has 1 saturated heterocycles. The normalized spacial score (nSPS) is 20.7. The fourth-order valence-electron chi connectivity index (χ4n) is 3.42. The van der Waals surface area contributed by atoms with Crippen molar-refractivity contribution in [2.24, 2.45) is 10.3 Å². The molecule has 8 heteroatoms. The van der Waals surface area contributed by atoms with E-state index >= 15 is 0 Å². The van der Waals surface area contributed by atoms with Crippen molar-refractivity contribution in [3.8, 4) is 0 Å². The summed E-state index contributed by atoms with van der Waals surface area (Å²) >= 11 is 0. The number of fused-ring (bicyclic) bond motifs is 1. The molecule has 0 saturated carbocycles. The number of nitrogens with zero attached hydrogens (tertiary/aromatic N) is 3. The van der Waals surface area contributed by atoms with Gasteiger partial charge in [0.15, 0.2) is 5.84 Å². The van der Waals surface area contributed by atoms with Crippen molar-refractivity contribution in [3.05, 3.63) is 59.9 Å². The lowest BCUT2D eigenvalue weighted by Gasteiger charge is -2.32. The first-order valence-electron chi connectivity index (χ1n) is 8.80. The summed E-state index contributed by atoms with van der Waals surface area (Å²) < 4.78 is 33.9. The highest BCUT2D eigenvalue weighted by Crippen LogP contribution is 2.30. The number of ether oxygens (including phenoxy) is 1. The van der Waals surface area contributed by atoms with Gasteiger partial charge < -0.3 is 9.64 Å². The fourth-order valence-corrected chi connectivity index (χ4v) is 4.65. The molecule has 27 heavy (non-hydrogen) atoms. The van der Waals surface area contributed by atoms with Gasteiger partial charge in [0.1, 0.15) is 11.5 Å². The Hall–Kier alpha value is -2.74. The second-order valence-corrected chi connectivity index (χ2v) is 8.17. The Kier molecular flexibility index (Phi) is 4.65. The van der Waals surface area contributed by atoms with Crippen LogP contribution in [0.5, 0.6) is 0 Å². The molecule has 3 heterocycles. The van der Waals surface area contributed by atoms with E-state index in [2.05, 4.69) is 9.38 Å². The number of carbonyl (C=O) groups excluding carboxylic acids is 1. The van der Waals surface area contributed by atoms with Crippen molar-refractivity contribution in [1.29, 1.82) is 0 Å². The van der Waals surface area contributed by atoms with Crippen LogP contribution >= 0.6 is 0 Å². The molecule has 140 valence electrons. The van der Waals surface area contributed by atoms with Crippen LogP contribution in [0.2, 0.25) is 0 Å². The predicted molar refractivity (Wildman–Crippen MR) is 98.5 cm³/mol. The van der Waals surface area contributed by atoms with Crippen molar-refractivity contribution >= 4 is 21.8 Å². The Morgan fingerprint density at radius 2 is 2.00 bits per heavy atom. The predicted octanol–water partition coefficient (Wildman–Crippen LogP) is 1.99. The maximum absolute atomic E-state index is 12.5. The van der Waals surface area contributed by atoms with Crippen LogP contribution in [0, 0.1) is 5.92 Å². The Balaban J connectivity index is 1.47. The first kappa shape index (κ1) is 17.7. The molecular weight excluding hydrogens is 366 g/mol. The van der Waals surface area contributed by atoms with Gasteiger partial charge in [0.2, 0.25) is 0 Å². The van der Waals surface area contributed by atoms with E-state index < -0.39 is 10.0 Å². The zero-order valence-corrected chi connectivity index (χ0v) is 15.4. The first-order valence-corrected chi connectivity index (χ1v) is 10.2. The van der Waals surface area contributed by atoms with Crippen molar-refractivity contribution in [3.63, 3.8) is 0 Å². The first-order chi connectivity index (χ1) is 13.0. The summed E-state index contributed by atoms with van der Waals surface area (Å²) in [5.41, 5.74) is 1.29. The van der Waals surface area contributed by atoms with Crippen LogP contribution in [0.15, 0.2) is 58.0 Å². The third-order valence-corrected chi connectivity index (χ3v) is 6.08. The summed E-state index contributed by atoms with van der Waals surface area (Å²) in [4.78, 5) is 18.7. The summed E-state index contributed by atoms with van der Waals surface area (Å²) in [6.45, 7) is 1.19. The Labute approximate surface area is 157 Å². The van der Waals surface area contributed by atoms with Gasteiger partial charge >= 0.3 is 5.97 Å².